The van der Waals surface area contributed by atoms with Crippen molar-refractivity contribution in [2.45, 2.75) is 19.3 Å². The van der Waals surface area contributed by atoms with Crippen LogP contribution in [0.2, 0.25) is 0 Å². The van der Waals surface area contributed by atoms with Crippen LogP contribution in [-0.4, -0.2) is 27.3 Å². The molecule has 0 aliphatic heterocycles. The normalized spacial score (nSPS) is 10.3. The minimum Gasteiger partial charge on any atom is -0.356 e. The fraction of sp³-hybridized carbons (Fsp3) is 0.286. The van der Waals surface area contributed by atoms with E-state index in [1.54, 1.807) is 24.5 Å². The number of amides is 1. The summed E-state index contributed by atoms with van der Waals surface area (Å²) in [4.78, 5) is 28.9. The average Bonchev–Trinajstić information content (AvgIpc) is 2.97. The summed E-state index contributed by atoms with van der Waals surface area (Å²) >= 11 is 0. The Bertz CT molecular complexity index is 593. The Morgan fingerprint density at radius 1 is 1.33 bits per heavy atom. The molecule has 0 aliphatic rings. The van der Waals surface area contributed by atoms with Crippen molar-refractivity contribution in [3.8, 4) is 0 Å². The Balaban J connectivity index is 1.70. The van der Waals surface area contributed by atoms with Gasteiger partial charge in [0.25, 0.3) is 5.69 Å². The molecule has 1 heterocycles. The monoisotopic (exact) mass is 288 g/mol. The van der Waals surface area contributed by atoms with Crippen LogP contribution in [0.5, 0.6) is 0 Å². The van der Waals surface area contributed by atoms with Gasteiger partial charge in [-0.3, -0.25) is 14.9 Å². The lowest BCUT2D eigenvalue weighted by Gasteiger charge is -2.04. The summed E-state index contributed by atoms with van der Waals surface area (Å²) < 4.78 is 0. The topological polar surface area (TPSA) is 101 Å². The Morgan fingerprint density at radius 2 is 2.10 bits per heavy atom. The highest BCUT2D eigenvalue weighted by atomic mass is 16.6. The number of benzene rings is 1. The summed E-state index contributed by atoms with van der Waals surface area (Å²) in [5, 5.41) is 13.3. The number of nitro benzene ring substituents is 1. The molecule has 0 saturated carbocycles. The highest BCUT2D eigenvalue weighted by Gasteiger charge is 2.07. The number of carbonyl (C=O) groups excluding carboxylic acids is 1. The molecule has 0 saturated heterocycles. The van der Waals surface area contributed by atoms with E-state index >= 15 is 0 Å². The standard InChI is InChI=1S/C14H16N4O3/c19-14(17-7-1-2-13-15-8-9-16-13)10-11-3-5-12(6-4-11)18(20)21/h3-6,8-9H,1-2,7,10H2,(H,15,16)(H,17,19). The quantitative estimate of drug-likeness (QED) is 0.459. The Kier molecular flexibility index (Phi) is 5.03. The Labute approximate surface area is 121 Å². The molecule has 1 amide bonds. The third-order valence-corrected chi connectivity index (χ3v) is 2.98. The maximum Gasteiger partial charge on any atom is 0.269 e. The molecule has 2 aromatic rings. The van der Waals surface area contributed by atoms with Crippen molar-refractivity contribution in [1.82, 2.24) is 15.3 Å². The van der Waals surface area contributed by atoms with Crippen LogP contribution in [0.4, 0.5) is 5.69 Å². The zero-order valence-corrected chi connectivity index (χ0v) is 11.4. The number of nitrogens with zero attached hydrogens (tertiary/aromatic N) is 2. The van der Waals surface area contributed by atoms with Crippen molar-refractivity contribution in [2.75, 3.05) is 6.54 Å². The highest BCUT2D eigenvalue weighted by Crippen LogP contribution is 2.12. The summed E-state index contributed by atoms with van der Waals surface area (Å²) in [6, 6.07) is 6.00. The first-order valence-electron chi connectivity index (χ1n) is 6.63. The third kappa shape index (κ3) is 4.72. The fourth-order valence-electron chi connectivity index (χ4n) is 1.90. The van der Waals surface area contributed by atoms with Gasteiger partial charge in [-0.15, -0.1) is 0 Å². The minimum atomic E-state index is -0.460. The summed E-state index contributed by atoms with van der Waals surface area (Å²) in [7, 11) is 0. The molecule has 0 fully saturated rings. The molecule has 0 radical (unpaired) electrons. The first kappa shape index (κ1) is 14.7. The molecule has 21 heavy (non-hydrogen) atoms. The average molecular weight is 288 g/mol. The smallest absolute Gasteiger partial charge is 0.269 e. The van der Waals surface area contributed by atoms with Crippen LogP contribution >= 0.6 is 0 Å². The lowest BCUT2D eigenvalue weighted by molar-refractivity contribution is -0.384. The van der Waals surface area contributed by atoms with Gasteiger partial charge >= 0.3 is 0 Å². The summed E-state index contributed by atoms with van der Waals surface area (Å²) in [5.41, 5.74) is 0.779. The van der Waals surface area contributed by atoms with E-state index in [4.69, 9.17) is 0 Å². The SMILES string of the molecule is O=C(Cc1ccc([N+](=O)[O-])cc1)NCCCc1ncc[nH]1. The second-order valence-electron chi connectivity index (χ2n) is 4.59. The number of non-ortho nitro benzene ring substituents is 1. The molecule has 110 valence electrons. The van der Waals surface area contributed by atoms with E-state index in [0.29, 0.717) is 6.54 Å². The van der Waals surface area contributed by atoms with Gasteiger partial charge in [0, 0.05) is 37.5 Å². The summed E-state index contributed by atoms with van der Waals surface area (Å²) in [6.45, 7) is 0.576. The molecule has 2 N–H and O–H groups in total. The molecule has 0 spiro atoms. The van der Waals surface area contributed by atoms with Crippen molar-refractivity contribution in [2.24, 2.45) is 0 Å². The number of aromatic nitrogens is 2. The number of nitro groups is 1. The third-order valence-electron chi connectivity index (χ3n) is 2.98. The van der Waals surface area contributed by atoms with E-state index in [1.807, 2.05) is 0 Å². The van der Waals surface area contributed by atoms with Gasteiger partial charge in [-0.1, -0.05) is 12.1 Å². The first-order valence-corrected chi connectivity index (χ1v) is 6.63. The largest absolute Gasteiger partial charge is 0.356 e. The highest BCUT2D eigenvalue weighted by molar-refractivity contribution is 5.78. The summed E-state index contributed by atoms with van der Waals surface area (Å²) in [6.07, 6.45) is 5.27. The van der Waals surface area contributed by atoms with Gasteiger partial charge in [-0.25, -0.2) is 4.98 Å². The van der Waals surface area contributed by atoms with E-state index < -0.39 is 4.92 Å². The molecule has 7 nitrogen and oxygen atoms in total. The number of nitrogens with one attached hydrogen (secondary N) is 2. The zero-order chi connectivity index (χ0) is 15.1. The lowest BCUT2D eigenvalue weighted by atomic mass is 10.1. The number of aryl methyl sites for hydroxylation is 1. The van der Waals surface area contributed by atoms with Gasteiger partial charge < -0.3 is 10.3 Å². The van der Waals surface area contributed by atoms with Crippen molar-refractivity contribution < 1.29 is 9.72 Å². The molecule has 2 rings (SSSR count). The second kappa shape index (κ2) is 7.18. The van der Waals surface area contributed by atoms with Crippen LogP contribution in [-0.2, 0) is 17.6 Å². The van der Waals surface area contributed by atoms with Gasteiger partial charge in [0.05, 0.1) is 11.3 Å². The summed E-state index contributed by atoms with van der Waals surface area (Å²) in [5.74, 6) is 0.808. The Hall–Kier alpha value is -2.70. The van der Waals surface area contributed by atoms with Crippen molar-refractivity contribution in [3.63, 3.8) is 0 Å². The van der Waals surface area contributed by atoms with Gasteiger partial charge in [-0.2, -0.15) is 0 Å². The van der Waals surface area contributed by atoms with Gasteiger partial charge in [0.15, 0.2) is 0 Å². The lowest BCUT2D eigenvalue weighted by Crippen LogP contribution is -2.26. The number of rotatable bonds is 7. The van der Waals surface area contributed by atoms with Crippen LogP contribution in [0.3, 0.4) is 0 Å². The van der Waals surface area contributed by atoms with Crippen LogP contribution in [0.25, 0.3) is 0 Å². The van der Waals surface area contributed by atoms with Crippen molar-refractivity contribution in [1.29, 1.82) is 0 Å². The maximum atomic E-state index is 11.7. The number of hydrogen-bond donors (Lipinski definition) is 2. The van der Waals surface area contributed by atoms with E-state index in [-0.39, 0.29) is 18.0 Å². The molecular weight excluding hydrogens is 272 g/mol. The molecule has 7 heteroatoms. The second-order valence-corrected chi connectivity index (χ2v) is 4.59. The van der Waals surface area contributed by atoms with E-state index in [9.17, 15) is 14.9 Å². The van der Waals surface area contributed by atoms with Gasteiger partial charge in [-0.05, 0) is 12.0 Å². The maximum absolute atomic E-state index is 11.7. The molecule has 0 unspecified atom stereocenters. The number of hydrogen-bond acceptors (Lipinski definition) is 4. The van der Waals surface area contributed by atoms with Crippen LogP contribution in [0, 0.1) is 10.1 Å². The predicted molar refractivity (Wildman–Crippen MR) is 76.7 cm³/mol. The van der Waals surface area contributed by atoms with E-state index in [0.717, 1.165) is 24.2 Å². The van der Waals surface area contributed by atoms with Crippen molar-refractivity contribution >= 4 is 11.6 Å². The fourth-order valence-corrected chi connectivity index (χ4v) is 1.90. The number of carbonyl (C=O) groups is 1. The molecule has 1 aromatic carbocycles. The molecule has 0 bridgehead atoms. The van der Waals surface area contributed by atoms with Crippen LogP contribution in [0.1, 0.15) is 17.8 Å². The first-order chi connectivity index (χ1) is 10.1. The molecule has 0 atom stereocenters. The van der Waals surface area contributed by atoms with Crippen LogP contribution in [0.15, 0.2) is 36.7 Å². The minimum absolute atomic E-state index is 0.0256. The van der Waals surface area contributed by atoms with E-state index in [1.165, 1.54) is 12.1 Å². The van der Waals surface area contributed by atoms with Crippen molar-refractivity contribution in [3.05, 3.63) is 58.2 Å². The number of H-pyrrole nitrogens is 1. The zero-order valence-electron chi connectivity index (χ0n) is 11.4. The van der Waals surface area contributed by atoms with Gasteiger partial charge in [0.1, 0.15) is 5.82 Å². The Morgan fingerprint density at radius 3 is 2.71 bits per heavy atom. The van der Waals surface area contributed by atoms with Gasteiger partial charge in [0.2, 0.25) is 5.91 Å². The molecule has 0 aliphatic carbocycles. The van der Waals surface area contributed by atoms with E-state index in [2.05, 4.69) is 15.3 Å². The van der Waals surface area contributed by atoms with Crippen LogP contribution < -0.4 is 5.32 Å². The number of aromatic amines is 1. The number of imidazole rings is 1. The molecular formula is C14H16N4O3. The predicted octanol–water partition coefficient (Wildman–Crippen LogP) is 1.61. The molecule has 1 aromatic heterocycles.